The second kappa shape index (κ2) is 4.70. The fourth-order valence-corrected chi connectivity index (χ4v) is 1.78. The van der Waals surface area contributed by atoms with Gasteiger partial charge in [0.25, 0.3) is 0 Å². The Kier molecular flexibility index (Phi) is 2.90. The second-order valence-corrected chi connectivity index (χ2v) is 4.07. The third-order valence-electron chi connectivity index (χ3n) is 2.42. The molecule has 0 fully saturated rings. The molecule has 92 valence electrons. The zero-order valence-electron chi connectivity index (χ0n) is 9.39. The number of halogens is 1. The number of fused-ring (bicyclic) bond motifs is 1. The van der Waals surface area contributed by atoms with Gasteiger partial charge in [0.05, 0.1) is 0 Å². The summed E-state index contributed by atoms with van der Waals surface area (Å²) in [5.74, 6) is 1.91. The number of aromatic nitrogens is 2. The fourth-order valence-electron chi connectivity index (χ4n) is 1.65. The molecule has 0 spiro atoms. The van der Waals surface area contributed by atoms with Crippen LogP contribution in [0.1, 0.15) is 0 Å². The van der Waals surface area contributed by atoms with Gasteiger partial charge in [0.2, 0.25) is 5.95 Å². The molecular weight excluding hydrogens is 254 g/mol. The largest absolute Gasteiger partial charge is 0.486 e. The standard InChI is InChI=1S/C12H10ClN3O2/c13-11-3-4-14-12(16-11)15-8-1-2-9-10(7-8)18-6-5-17-9/h1-4,7H,5-6H2,(H,14,15,16). The first kappa shape index (κ1) is 11.1. The third-order valence-corrected chi connectivity index (χ3v) is 2.63. The molecule has 1 N–H and O–H groups in total. The van der Waals surface area contributed by atoms with Crippen LogP contribution in [0.5, 0.6) is 11.5 Å². The lowest BCUT2D eigenvalue weighted by molar-refractivity contribution is 0.171. The van der Waals surface area contributed by atoms with Crippen molar-refractivity contribution in [3.63, 3.8) is 0 Å². The van der Waals surface area contributed by atoms with Gasteiger partial charge in [-0.1, -0.05) is 11.6 Å². The van der Waals surface area contributed by atoms with Crippen LogP contribution in [0.15, 0.2) is 30.5 Å². The van der Waals surface area contributed by atoms with Gasteiger partial charge in [-0.3, -0.25) is 0 Å². The summed E-state index contributed by atoms with van der Waals surface area (Å²) in [5, 5.41) is 3.45. The van der Waals surface area contributed by atoms with Crippen LogP contribution in [-0.4, -0.2) is 23.2 Å². The summed E-state index contributed by atoms with van der Waals surface area (Å²) >= 11 is 5.79. The fraction of sp³-hybridized carbons (Fsp3) is 0.167. The summed E-state index contributed by atoms with van der Waals surface area (Å²) < 4.78 is 10.9. The van der Waals surface area contributed by atoms with Crippen LogP contribution in [0.4, 0.5) is 11.6 Å². The van der Waals surface area contributed by atoms with Crippen molar-refractivity contribution >= 4 is 23.2 Å². The topological polar surface area (TPSA) is 56.3 Å². The maximum atomic E-state index is 5.79. The second-order valence-electron chi connectivity index (χ2n) is 3.69. The molecule has 0 atom stereocenters. The van der Waals surface area contributed by atoms with Gasteiger partial charge in [0.1, 0.15) is 18.4 Å². The van der Waals surface area contributed by atoms with Crippen molar-refractivity contribution in [1.82, 2.24) is 9.97 Å². The Morgan fingerprint density at radius 2 is 1.94 bits per heavy atom. The molecule has 0 amide bonds. The minimum Gasteiger partial charge on any atom is -0.486 e. The monoisotopic (exact) mass is 263 g/mol. The summed E-state index contributed by atoms with van der Waals surface area (Å²) in [6, 6.07) is 7.19. The predicted molar refractivity (Wildman–Crippen MR) is 67.8 cm³/mol. The molecule has 18 heavy (non-hydrogen) atoms. The molecule has 3 rings (SSSR count). The van der Waals surface area contributed by atoms with Crippen LogP contribution < -0.4 is 14.8 Å². The van der Waals surface area contributed by atoms with E-state index in [9.17, 15) is 0 Å². The lowest BCUT2D eigenvalue weighted by Crippen LogP contribution is -2.15. The highest BCUT2D eigenvalue weighted by Crippen LogP contribution is 2.33. The molecule has 0 unspecified atom stereocenters. The lowest BCUT2D eigenvalue weighted by atomic mass is 10.2. The van der Waals surface area contributed by atoms with Crippen LogP contribution in [-0.2, 0) is 0 Å². The van der Waals surface area contributed by atoms with Crippen LogP contribution in [0.25, 0.3) is 0 Å². The molecule has 1 aliphatic heterocycles. The van der Waals surface area contributed by atoms with Crippen molar-refractivity contribution in [3.8, 4) is 11.5 Å². The van der Waals surface area contributed by atoms with Crippen molar-refractivity contribution < 1.29 is 9.47 Å². The van der Waals surface area contributed by atoms with E-state index >= 15 is 0 Å². The molecule has 1 aromatic carbocycles. The molecular formula is C12H10ClN3O2. The number of benzene rings is 1. The molecule has 0 aliphatic carbocycles. The molecule has 0 bridgehead atoms. The van der Waals surface area contributed by atoms with E-state index in [1.807, 2.05) is 18.2 Å². The molecule has 1 aromatic heterocycles. The van der Waals surface area contributed by atoms with E-state index in [-0.39, 0.29) is 0 Å². The highest BCUT2D eigenvalue weighted by Gasteiger charge is 2.11. The summed E-state index contributed by atoms with van der Waals surface area (Å²) in [6.07, 6.45) is 1.59. The van der Waals surface area contributed by atoms with E-state index in [2.05, 4.69) is 15.3 Å². The quantitative estimate of drug-likeness (QED) is 0.844. The SMILES string of the molecule is Clc1ccnc(Nc2ccc3c(c2)OCCO3)n1. The van der Waals surface area contributed by atoms with Crippen molar-refractivity contribution in [2.45, 2.75) is 0 Å². The average molecular weight is 264 g/mol. The Labute approximate surface area is 109 Å². The number of anilines is 2. The van der Waals surface area contributed by atoms with Crippen molar-refractivity contribution in [2.75, 3.05) is 18.5 Å². The summed E-state index contributed by atoms with van der Waals surface area (Å²) in [4.78, 5) is 8.12. The predicted octanol–water partition coefficient (Wildman–Crippen LogP) is 2.64. The average Bonchev–Trinajstić information content (AvgIpc) is 2.39. The van der Waals surface area contributed by atoms with Gasteiger partial charge in [-0.05, 0) is 18.2 Å². The van der Waals surface area contributed by atoms with E-state index in [1.165, 1.54) is 0 Å². The van der Waals surface area contributed by atoms with Gasteiger partial charge >= 0.3 is 0 Å². The molecule has 0 saturated carbocycles. The lowest BCUT2D eigenvalue weighted by Gasteiger charge is -2.18. The van der Waals surface area contributed by atoms with Gasteiger partial charge in [-0.25, -0.2) is 9.97 Å². The van der Waals surface area contributed by atoms with Gasteiger partial charge in [-0.2, -0.15) is 0 Å². The highest BCUT2D eigenvalue weighted by molar-refractivity contribution is 6.29. The van der Waals surface area contributed by atoms with E-state index in [0.29, 0.717) is 30.1 Å². The van der Waals surface area contributed by atoms with Crippen molar-refractivity contribution in [2.24, 2.45) is 0 Å². The highest BCUT2D eigenvalue weighted by atomic mass is 35.5. The Bertz CT molecular complexity index is 577. The maximum Gasteiger partial charge on any atom is 0.228 e. The van der Waals surface area contributed by atoms with Gasteiger partial charge < -0.3 is 14.8 Å². The van der Waals surface area contributed by atoms with E-state index in [0.717, 1.165) is 11.4 Å². The molecule has 1 aliphatic rings. The Morgan fingerprint density at radius 3 is 2.78 bits per heavy atom. The van der Waals surface area contributed by atoms with Gasteiger partial charge in [0.15, 0.2) is 11.5 Å². The smallest absolute Gasteiger partial charge is 0.228 e. The van der Waals surface area contributed by atoms with E-state index in [4.69, 9.17) is 21.1 Å². The third kappa shape index (κ3) is 2.31. The summed E-state index contributed by atoms with van der Waals surface area (Å²) in [6.45, 7) is 1.14. The normalized spacial score (nSPS) is 13.2. The van der Waals surface area contributed by atoms with E-state index in [1.54, 1.807) is 12.3 Å². The van der Waals surface area contributed by atoms with Crippen LogP contribution >= 0.6 is 11.6 Å². The molecule has 5 nitrogen and oxygen atoms in total. The van der Waals surface area contributed by atoms with Crippen LogP contribution in [0.2, 0.25) is 5.15 Å². The number of nitrogens with one attached hydrogen (secondary N) is 1. The Hall–Kier alpha value is -2.01. The number of hydrogen-bond donors (Lipinski definition) is 1. The molecule has 2 aromatic rings. The minimum atomic E-state index is 0.394. The number of hydrogen-bond acceptors (Lipinski definition) is 5. The number of ether oxygens (including phenoxy) is 2. The van der Waals surface area contributed by atoms with Gasteiger partial charge in [0, 0.05) is 18.0 Å². The van der Waals surface area contributed by atoms with Crippen molar-refractivity contribution in [3.05, 3.63) is 35.6 Å². The summed E-state index contributed by atoms with van der Waals surface area (Å²) in [5.41, 5.74) is 0.821. The zero-order valence-corrected chi connectivity index (χ0v) is 10.1. The molecule has 0 radical (unpaired) electrons. The van der Waals surface area contributed by atoms with E-state index < -0.39 is 0 Å². The summed E-state index contributed by atoms with van der Waals surface area (Å²) in [7, 11) is 0. The molecule has 2 heterocycles. The van der Waals surface area contributed by atoms with Crippen LogP contribution in [0.3, 0.4) is 0 Å². The first-order valence-electron chi connectivity index (χ1n) is 5.46. The first-order valence-corrected chi connectivity index (χ1v) is 5.84. The van der Waals surface area contributed by atoms with Gasteiger partial charge in [-0.15, -0.1) is 0 Å². The minimum absolute atomic E-state index is 0.394. The first-order chi connectivity index (χ1) is 8.81. The Balaban J connectivity index is 1.85. The Morgan fingerprint density at radius 1 is 1.11 bits per heavy atom. The maximum absolute atomic E-state index is 5.79. The zero-order chi connectivity index (χ0) is 12.4. The number of rotatable bonds is 2. The van der Waals surface area contributed by atoms with Crippen LogP contribution in [0, 0.1) is 0 Å². The number of nitrogens with zero attached hydrogens (tertiary/aromatic N) is 2. The molecule has 0 saturated heterocycles. The molecule has 6 heteroatoms. The van der Waals surface area contributed by atoms with Crippen molar-refractivity contribution in [1.29, 1.82) is 0 Å².